The fraction of sp³-hybridized carbons (Fsp3) is 0.423. The van der Waals surface area contributed by atoms with Crippen LogP contribution in [0.1, 0.15) is 58.8 Å². The average molecular weight is 540 g/mol. The largest absolute Gasteiger partial charge is 0.433 e. The van der Waals surface area contributed by atoms with Gasteiger partial charge in [-0.3, -0.25) is 4.79 Å². The Hall–Kier alpha value is -3.57. The van der Waals surface area contributed by atoms with Gasteiger partial charge in [-0.15, -0.1) is 0 Å². The average Bonchev–Trinajstić information content (AvgIpc) is 3.20. The smallest absolute Gasteiger partial charge is 0.371 e. The van der Waals surface area contributed by atoms with Crippen LogP contribution in [0.2, 0.25) is 0 Å². The molecule has 1 amide bonds. The second kappa shape index (κ2) is 10.3. The Kier molecular flexibility index (Phi) is 7.44. The minimum Gasteiger partial charge on any atom is -0.371 e. The molecule has 38 heavy (non-hydrogen) atoms. The molecule has 0 unspecified atom stereocenters. The molecule has 6 nitrogen and oxygen atoms in total. The molecule has 0 spiro atoms. The number of aryl methyl sites for hydroxylation is 2. The third-order valence-electron chi connectivity index (χ3n) is 6.76. The van der Waals surface area contributed by atoms with Crippen LogP contribution in [0.3, 0.4) is 0 Å². The molecule has 2 aromatic heterocycles. The highest BCUT2D eigenvalue weighted by Crippen LogP contribution is 2.37. The van der Waals surface area contributed by atoms with Crippen molar-refractivity contribution in [3.8, 4) is 5.69 Å². The Morgan fingerprint density at radius 2 is 1.47 bits per heavy atom. The highest BCUT2D eigenvalue weighted by Gasteiger charge is 2.39. The number of benzene rings is 1. The standard InChI is InChI=1S/C26H27F6N5O/c1-15-12-16(2)37(35-15)20-8-4-17(5-9-20)24(38)33-18-6-10-19(11-7-18)36(3)21-13-22(25(27,28)29)34-23(14-21)26(30,31)32/h4-5,8-9,12-14,18-19H,6-7,10-11H2,1-3H3,(H,33,38). The lowest BCUT2D eigenvalue weighted by molar-refractivity contribution is -0.150. The molecule has 1 aromatic carbocycles. The summed E-state index contributed by atoms with van der Waals surface area (Å²) in [4.78, 5) is 17.0. The first-order valence-corrected chi connectivity index (χ1v) is 12.1. The van der Waals surface area contributed by atoms with E-state index >= 15 is 0 Å². The Morgan fingerprint density at radius 3 is 1.95 bits per heavy atom. The van der Waals surface area contributed by atoms with Crippen molar-refractivity contribution in [2.75, 3.05) is 11.9 Å². The number of carbonyl (C=O) groups is 1. The Balaban J connectivity index is 1.38. The van der Waals surface area contributed by atoms with Crippen LogP contribution < -0.4 is 10.2 Å². The number of pyridine rings is 1. The molecule has 1 fully saturated rings. The van der Waals surface area contributed by atoms with Crippen molar-refractivity contribution in [2.24, 2.45) is 0 Å². The maximum Gasteiger partial charge on any atom is 0.433 e. The van der Waals surface area contributed by atoms with Crippen molar-refractivity contribution < 1.29 is 31.1 Å². The molecule has 1 aliphatic carbocycles. The van der Waals surface area contributed by atoms with Crippen LogP contribution in [0.4, 0.5) is 32.0 Å². The van der Waals surface area contributed by atoms with Crippen molar-refractivity contribution in [1.82, 2.24) is 20.1 Å². The van der Waals surface area contributed by atoms with Crippen LogP contribution in [-0.2, 0) is 12.4 Å². The van der Waals surface area contributed by atoms with E-state index in [2.05, 4.69) is 15.4 Å². The number of aromatic nitrogens is 3. The lowest BCUT2D eigenvalue weighted by Gasteiger charge is -2.36. The maximum absolute atomic E-state index is 13.2. The molecular formula is C26H27F6N5O. The van der Waals surface area contributed by atoms with Gasteiger partial charge < -0.3 is 10.2 Å². The van der Waals surface area contributed by atoms with E-state index in [4.69, 9.17) is 0 Å². The summed E-state index contributed by atoms with van der Waals surface area (Å²) in [5.74, 6) is -0.250. The van der Waals surface area contributed by atoms with Crippen LogP contribution in [0, 0.1) is 13.8 Å². The summed E-state index contributed by atoms with van der Waals surface area (Å²) in [6, 6.07) is 9.81. The molecule has 12 heteroatoms. The predicted molar refractivity (Wildman–Crippen MR) is 129 cm³/mol. The Morgan fingerprint density at radius 1 is 0.921 bits per heavy atom. The van der Waals surface area contributed by atoms with Crippen LogP contribution in [-0.4, -0.2) is 39.8 Å². The molecular weight excluding hydrogens is 512 g/mol. The topological polar surface area (TPSA) is 63.1 Å². The molecule has 1 N–H and O–H groups in total. The summed E-state index contributed by atoms with van der Waals surface area (Å²) in [5.41, 5.74) is -0.207. The summed E-state index contributed by atoms with van der Waals surface area (Å²) in [6.07, 6.45) is -7.96. The third-order valence-corrected chi connectivity index (χ3v) is 6.76. The van der Waals surface area contributed by atoms with E-state index in [0.29, 0.717) is 43.4 Å². The molecule has 2 heterocycles. The quantitative estimate of drug-likeness (QED) is 0.398. The van der Waals surface area contributed by atoms with Crippen molar-refractivity contribution in [3.05, 3.63) is 70.8 Å². The minimum atomic E-state index is -5.01. The molecule has 0 radical (unpaired) electrons. The molecule has 0 bridgehead atoms. The highest BCUT2D eigenvalue weighted by atomic mass is 19.4. The molecule has 3 aromatic rings. The van der Waals surface area contributed by atoms with Gasteiger partial charge in [0.05, 0.1) is 11.4 Å². The molecule has 0 atom stereocenters. The number of anilines is 1. The number of nitrogens with zero attached hydrogens (tertiary/aromatic N) is 4. The summed E-state index contributed by atoms with van der Waals surface area (Å²) < 4.78 is 80.9. The first-order valence-electron chi connectivity index (χ1n) is 12.1. The van der Waals surface area contributed by atoms with Crippen molar-refractivity contribution in [1.29, 1.82) is 0 Å². The summed E-state index contributed by atoms with van der Waals surface area (Å²) in [6.45, 7) is 3.84. The van der Waals surface area contributed by atoms with Crippen molar-refractivity contribution in [2.45, 2.75) is 64.0 Å². The number of nitrogens with one attached hydrogen (secondary N) is 1. The van der Waals surface area contributed by atoms with Crippen LogP contribution >= 0.6 is 0 Å². The van der Waals surface area contributed by atoms with Crippen LogP contribution in [0.5, 0.6) is 0 Å². The van der Waals surface area contributed by atoms with E-state index in [0.717, 1.165) is 17.1 Å². The van der Waals surface area contributed by atoms with Gasteiger partial charge in [-0.05, 0) is 82.0 Å². The number of amides is 1. The summed E-state index contributed by atoms with van der Waals surface area (Å²) in [5, 5.41) is 7.40. The zero-order valence-electron chi connectivity index (χ0n) is 21.0. The van der Waals surface area contributed by atoms with Crippen LogP contribution in [0.25, 0.3) is 5.69 Å². The van der Waals surface area contributed by atoms with Gasteiger partial charge in [0.1, 0.15) is 11.4 Å². The van der Waals surface area contributed by atoms with E-state index in [-0.39, 0.29) is 23.7 Å². The normalized spacial score (nSPS) is 18.3. The number of rotatable bonds is 5. The van der Waals surface area contributed by atoms with Gasteiger partial charge in [-0.1, -0.05) is 0 Å². The second-order valence-electron chi connectivity index (χ2n) is 9.57. The SMILES string of the molecule is Cc1cc(C)n(-c2ccc(C(=O)NC3CCC(N(C)c4cc(C(F)(F)F)nc(C(F)(F)F)c4)CC3)cc2)n1. The predicted octanol–water partition coefficient (Wildman–Crippen LogP) is 6.10. The number of carbonyl (C=O) groups excluding carboxylic acids is 1. The number of hydrogen-bond acceptors (Lipinski definition) is 4. The van der Waals surface area contributed by atoms with E-state index in [1.807, 2.05) is 19.9 Å². The summed E-state index contributed by atoms with van der Waals surface area (Å²) in [7, 11) is 1.48. The Labute approximate surface area is 215 Å². The van der Waals surface area contributed by atoms with Crippen molar-refractivity contribution >= 4 is 11.6 Å². The molecule has 4 rings (SSSR count). The minimum absolute atomic E-state index is 0.156. The van der Waals surface area contributed by atoms with Crippen molar-refractivity contribution in [3.63, 3.8) is 0 Å². The number of hydrogen-bond donors (Lipinski definition) is 1. The Bertz CT molecular complexity index is 1260. The first kappa shape index (κ1) is 27.5. The zero-order chi connectivity index (χ0) is 27.8. The molecule has 204 valence electrons. The van der Waals surface area contributed by atoms with E-state index in [1.54, 1.807) is 28.9 Å². The van der Waals surface area contributed by atoms with E-state index in [1.165, 1.54) is 11.9 Å². The van der Waals surface area contributed by atoms with Gasteiger partial charge in [0.25, 0.3) is 5.91 Å². The lowest BCUT2D eigenvalue weighted by Crippen LogP contribution is -2.43. The van der Waals surface area contributed by atoms with Gasteiger partial charge in [-0.2, -0.15) is 31.4 Å². The van der Waals surface area contributed by atoms with E-state index < -0.39 is 23.7 Å². The summed E-state index contributed by atoms with van der Waals surface area (Å²) >= 11 is 0. The van der Waals surface area contributed by atoms with Gasteiger partial charge in [0.15, 0.2) is 0 Å². The van der Waals surface area contributed by atoms with E-state index in [9.17, 15) is 31.1 Å². The number of alkyl halides is 6. The monoisotopic (exact) mass is 539 g/mol. The molecule has 1 saturated carbocycles. The highest BCUT2D eigenvalue weighted by molar-refractivity contribution is 5.94. The fourth-order valence-electron chi connectivity index (χ4n) is 4.74. The van der Waals surface area contributed by atoms with Gasteiger partial charge in [-0.25, -0.2) is 9.67 Å². The number of halogens is 6. The third kappa shape index (κ3) is 6.11. The zero-order valence-corrected chi connectivity index (χ0v) is 21.0. The molecule has 1 aliphatic rings. The molecule has 0 saturated heterocycles. The fourth-order valence-corrected chi connectivity index (χ4v) is 4.74. The van der Waals surface area contributed by atoms with Gasteiger partial charge >= 0.3 is 12.4 Å². The van der Waals surface area contributed by atoms with Gasteiger partial charge in [0.2, 0.25) is 0 Å². The van der Waals surface area contributed by atoms with Crippen LogP contribution in [0.15, 0.2) is 42.5 Å². The first-order chi connectivity index (χ1) is 17.7. The maximum atomic E-state index is 13.2. The molecule has 0 aliphatic heterocycles. The van der Waals surface area contributed by atoms with Gasteiger partial charge in [0, 0.05) is 36.1 Å². The lowest BCUT2D eigenvalue weighted by atomic mass is 9.90. The second-order valence-corrected chi connectivity index (χ2v) is 9.57.